The fourth-order valence-electron chi connectivity index (χ4n) is 3.38. The van der Waals surface area contributed by atoms with Crippen LogP contribution in [0.4, 0.5) is 23.7 Å². The highest BCUT2D eigenvalue weighted by Crippen LogP contribution is 2.32. The normalized spacial score (nSPS) is 14.5. The van der Waals surface area contributed by atoms with Gasteiger partial charge in [-0.1, -0.05) is 11.5 Å². The number of nitrogens with zero attached hydrogens (tertiary/aromatic N) is 2. The Morgan fingerprint density at radius 2 is 1.77 bits per heavy atom. The number of alkyl halides is 3. The van der Waals surface area contributed by atoms with Crippen molar-refractivity contribution in [1.29, 1.82) is 0 Å². The maximum Gasteiger partial charge on any atom is 0.416 e. The lowest BCUT2D eigenvalue weighted by Crippen LogP contribution is -2.41. The van der Waals surface area contributed by atoms with Crippen LogP contribution < -0.4 is 15.1 Å². The predicted molar refractivity (Wildman–Crippen MR) is 126 cm³/mol. The van der Waals surface area contributed by atoms with Crippen molar-refractivity contribution in [2.75, 3.05) is 18.1 Å². The van der Waals surface area contributed by atoms with Gasteiger partial charge >= 0.3 is 18.2 Å². The lowest BCUT2D eigenvalue weighted by atomic mass is 9.92. The quantitative estimate of drug-likeness (QED) is 0.295. The topological polar surface area (TPSA) is 76.2 Å². The zero-order valence-electron chi connectivity index (χ0n) is 19.1. The van der Waals surface area contributed by atoms with Gasteiger partial charge in [-0.05, 0) is 72.6 Å². The molecule has 3 amide bonds. The lowest BCUT2D eigenvalue weighted by Gasteiger charge is -2.26. The Bertz CT molecular complexity index is 1130. The maximum absolute atomic E-state index is 12.9. The molecule has 1 fully saturated rings. The molecule has 1 saturated heterocycles. The number of hydrogen-bond acceptors (Lipinski definition) is 5. The summed E-state index contributed by atoms with van der Waals surface area (Å²) < 4.78 is 49.6. The fraction of sp³-hybridized carbons (Fsp3) is 0.348. The van der Waals surface area contributed by atoms with E-state index in [-0.39, 0.29) is 36.6 Å². The number of urea groups is 1. The number of esters is 1. The summed E-state index contributed by atoms with van der Waals surface area (Å²) in [5.74, 6) is -0.905. The molecule has 0 N–H and O–H groups in total. The van der Waals surface area contributed by atoms with Crippen LogP contribution in [0.3, 0.4) is 0 Å². The van der Waals surface area contributed by atoms with E-state index in [1.54, 1.807) is 13.0 Å². The molecule has 2 aromatic carbocycles. The Morgan fingerprint density at radius 1 is 1.14 bits per heavy atom. The number of halogens is 4. The molecule has 3 rings (SSSR count). The Hall–Kier alpha value is -3.02. The zero-order chi connectivity index (χ0) is 26.1. The van der Waals surface area contributed by atoms with E-state index in [4.69, 9.17) is 17.3 Å². The number of benzene rings is 2. The summed E-state index contributed by atoms with van der Waals surface area (Å²) >= 11 is 3.34. The van der Waals surface area contributed by atoms with Crippen LogP contribution in [-0.2, 0) is 27.0 Å². The van der Waals surface area contributed by atoms with Crippen molar-refractivity contribution in [1.82, 2.24) is 4.90 Å². The molecule has 0 atom stereocenters. The zero-order valence-corrected chi connectivity index (χ0v) is 20.7. The average Bonchev–Trinajstić information content (AvgIpc) is 3.04. The van der Waals surface area contributed by atoms with Crippen molar-refractivity contribution in [3.63, 3.8) is 0 Å². The Kier molecular flexibility index (Phi) is 7.54. The Labute approximate surface area is 209 Å². The number of carbonyl (C=O) groups is 3. The molecule has 35 heavy (non-hydrogen) atoms. The van der Waals surface area contributed by atoms with Crippen LogP contribution in [0.25, 0.3) is 0 Å². The molecule has 2 aromatic rings. The molecule has 1 aliphatic rings. The van der Waals surface area contributed by atoms with Crippen LogP contribution in [0, 0.1) is 0 Å². The molecular weight excluding hydrogens is 532 g/mol. The molecule has 2 radical (unpaired) electrons. The number of anilines is 1. The third-order valence-electron chi connectivity index (χ3n) is 5.16. The van der Waals surface area contributed by atoms with Gasteiger partial charge in [0, 0.05) is 5.69 Å². The molecule has 0 aliphatic carbocycles. The maximum atomic E-state index is 12.9. The van der Waals surface area contributed by atoms with Crippen LogP contribution in [0.5, 0.6) is 5.75 Å². The molecule has 0 unspecified atom stereocenters. The number of carbonyl (C=O) groups excluding carboxylic acids is 3. The highest BCUT2D eigenvalue weighted by Gasteiger charge is 2.38. The van der Waals surface area contributed by atoms with Crippen LogP contribution in [-0.4, -0.2) is 49.4 Å². The average molecular weight is 553 g/mol. The molecule has 7 nitrogen and oxygen atoms in total. The summed E-state index contributed by atoms with van der Waals surface area (Å²) in [6, 6.07) is 6.41. The van der Waals surface area contributed by atoms with E-state index < -0.39 is 35.2 Å². The van der Waals surface area contributed by atoms with E-state index in [1.165, 1.54) is 19.9 Å². The highest BCUT2D eigenvalue weighted by molar-refractivity contribution is 9.10. The van der Waals surface area contributed by atoms with Gasteiger partial charge in [-0.2, -0.15) is 13.2 Å². The van der Waals surface area contributed by atoms with Crippen molar-refractivity contribution in [3.8, 4) is 5.75 Å². The summed E-state index contributed by atoms with van der Waals surface area (Å²) in [5.41, 5.74) is -1.36. The molecule has 0 aromatic heterocycles. The Balaban J connectivity index is 1.77. The molecular formula is C23H21BBrF3N2O5. The van der Waals surface area contributed by atoms with Crippen LogP contribution >= 0.6 is 15.9 Å². The number of amides is 3. The minimum Gasteiger partial charge on any atom is -0.476 e. The first-order chi connectivity index (χ1) is 16.2. The largest absolute Gasteiger partial charge is 0.476 e. The van der Waals surface area contributed by atoms with Crippen LogP contribution in [0.2, 0.25) is 0 Å². The number of rotatable bonds is 7. The molecule has 184 valence electrons. The van der Waals surface area contributed by atoms with Gasteiger partial charge in [0.15, 0.2) is 5.60 Å². The van der Waals surface area contributed by atoms with Crippen LogP contribution in [0.15, 0.2) is 40.9 Å². The van der Waals surface area contributed by atoms with Crippen molar-refractivity contribution < 1.29 is 37.0 Å². The van der Waals surface area contributed by atoms with E-state index in [0.717, 1.165) is 34.1 Å². The SMILES string of the molecule is [B]c1cc(CN2C(=O)CN(c3ccc(C(F)(F)F)cc3)C2=O)cc(Br)c1OC(C)(C)C(=O)OCC. The molecule has 1 heterocycles. The highest BCUT2D eigenvalue weighted by atomic mass is 79.9. The van der Waals surface area contributed by atoms with Gasteiger partial charge < -0.3 is 9.47 Å². The smallest absolute Gasteiger partial charge is 0.416 e. The van der Waals surface area contributed by atoms with Gasteiger partial charge in [0.25, 0.3) is 5.91 Å². The van der Waals surface area contributed by atoms with Crippen LogP contribution in [0.1, 0.15) is 31.9 Å². The predicted octanol–water partition coefficient (Wildman–Crippen LogP) is 3.95. The van der Waals surface area contributed by atoms with Crippen molar-refractivity contribution >= 4 is 52.8 Å². The van der Waals surface area contributed by atoms with Gasteiger partial charge in [-0.3, -0.25) is 14.6 Å². The van der Waals surface area contributed by atoms with Crippen molar-refractivity contribution in [2.45, 2.75) is 39.1 Å². The van der Waals surface area contributed by atoms with Gasteiger partial charge in [-0.25, -0.2) is 9.59 Å². The van der Waals surface area contributed by atoms with E-state index in [1.807, 2.05) is 0 Å². The van der Waals surface area contributed by atoms with Crippen molar-refractivity contribution in [3.05, 3.63) is 52.0 Å². The number of hydrogen-bond donors (Lipinski definition) is 0. The number of ether oxygens (including phenoxy) is 2. The van der Waals surface area contributed by atoms with E-state index in [9.17, 15) is 27.6 Å². The second kappa shape index (κ2) is 9.92. The third-order valence-corrected chi connectivity index (χ3v) is 5.75. The first-order valence-electron chi connectivity index (χ1n) is 10.5. The summed E-state index contributed by atoms with van der Waals surface area (Å²) in [4.78, 5) is 39.6. The minimum absolute atomic E-state index is 0.126. The van der Waals surface area contributed by atoms with Gasteiger partial charge in [0.05, 0.1) is 23.2 Å². The van der Waals surface area contributed by atoms with Gasteiger partial charge in [0.1, 0.15) is 20.1 Å². The molecule has 0 bridgehead atoms. The number of imide groups is 1. The molecule has 0 saturated carbocycles. The first-order valence-corrected chi connectivity index (χ1v) is 11.3. The summed E-state index contributed by atoms with van der Waals surface area (Å²) in [5, 5.41) is 0. The van der Waals surface area contributed by atoms with E-state index >= 15 is 0 Å². The van der Waals surface area contributed by atoms with Crippen molar-refractivity contribution in [2.24, 2.45) is 0 Å². The lowest BCUT2D eigenvalue weighted by molar-refractivity contribution is -0.158. The second-order valence-electron chi connectivity index (χ2n) is 8.22. The summed E-state index contributed by atoms with van der Waals surface area (Å²) in [6.07, 6.45) is -4.51. The Morgan fingerprint density at radius 3 is 2.31 bits per heavy atom. The molecule has 0 spiro atoms. The first kappa shape index (κ1) is 26.6. The second-order valence-corrected chi connectivity index (χ2v) is 9.08. The molecule has 1 aliphatic heterocycles. The standard InChI is InChI=1S/C23H21BBrF3N2O5/c1-4-34-20(32)22(2,3)35-19-16(24)9-13(10-17(19)25)11-30-18(31)12-29(21(30)33)15-7-5-14(6-8-15)23(26,27)28/h5-10H,4,11-12H2,1-3H3. The van der Waals surface area contributed by atoms with Gasteiger partial charge in [0.2, 0.25) is 0 Å². The minimum atomic E-state index is -4.51. The van der Waals surface area contributed by atoms with Gasteiger partial charge in [-0.15, -0.1) is 0 Å². The molecule has 12 heteroatoms. The fourth-order valence-corrected chi connectivity index (χ4v) is 3.99. The summed E-state index contributed by atoms with van der Waals surface area (Å²) in [6.45, 7) is 4.48. The summed E-state index contributed by atoms with van der Waals surface area (Å²) in [7, 11) is 6.12. The third kappa shape index (κ3) is 5.80. The van der Waals surface area contributed by atoms with E-state index in [2.05, 4.69) is 15.9 Å². The monoisotopic (exact) mass is 552 g/mol. The van der Waals surface area contributed by atoms with E-state index in [0.29, 0.717) is 10.0 Å².